The van der Waals surface area contributed by atoms with Crippen molar-refractivity contribution in [3.05, 3.63) is 47.5 Å². The molecule has 0 saturated heterocycles. The first kappa shape index (κ1) is 26.5. The van der Waals surface area contributed by atoms with Crippen molar-refractivity contribution in [1.82, 2.24) is 0 Å². The van der Waals surface area contributed by atoms with Crippen molar-refractivity contribution in [3.63, 3.8) is 0 Å². The largest absolute Gasteiger partial charge is 1.00 e. The molecule has 158 valence electrons. The van der Waals surface area contributed by atoms with Crippen molar-refractivity contribution in [1.29, 1.82) is 0 Å². The number of carbonyl (C=O) groups excluding carboxylic acids is 1. The second-order valence-electron chi connectivity index (χ2n) is 6.42. The summed E-state index contributed by atoms with van der Waals surface area (Å²) >= 11 is 0. The van der Waals surface area contributed by atoms with Gasteiger partial charge < -0.3 is 14.6 Å². The van der Waals surface area contributed by atoms with Gasteiger partial charge in [-0.05, 0) is 54.8 Å². The van der Waals surface area contributed by atoms with E-state index in [-0.39, 0.29) is 57.9 Å². The number of aryl methyl sites for hydroxylation is 1. The summed E-state index contributed by atoms with van der Waals surface area (Å²) in [5, 5.41) is 11.2. The number of halogens is 3. The molecule has 0 heterocycles. The number of carboxylic acid groups (broad SMARTS) is 1. The average molecular weight is 452 g/mol. The predicted octanol–water partition coefficient (Wildman–Crippen LogP) is 0.386. The van der Waals surface area contributed by atoms with Gasteiger partial charge in [0, 0.05) is 5.56 Å². The molecule has 0 saturated carbocycles. The number of benzene rings is 2. The van der Waals surface area contributed by atoms with Crippen molar-refractivity contribution in [3.8, 4) is 16.9 Å². The van der Waals surface area contributed by atoms with Gasteiger partial charge in [0.05, 0.1) is 22.2 Å². The number of rotatable bonds is 7. The van der Waals surface area contributed by atoms with Crippen LogP contribution >= 0.6 is 0 Å². The number of carboxylic acids is 1. The van der Waals surface area contributed by atoms with Crippen molar-refractivity contribution in [2.75, 3.05) is 5.75 Å². The minimum atomic E-state index is -4.62. The van der Waals surface area contributed by atoms with E-state index in [2.05, 4.69) is 0 Å². The number of aliphatic carboxylic acids is 1. The van der Waals surface area contributed by atoms with Crippen molar-refractivity contribution >= 4 is 15.8 Å². The molecule has 2 rings (SSSR count). The van der Waals surface area contributed by atoms with E-state index in [1.54, 1.807) is 13.8 Å². The van der Waals surface area contributed by atoms with Crippen LogP contribution in [0.3, 0.4) is 0 Å². The van der Waals surface area contributed by atoms with Crippen LogP contribution in [0.2, 0.25) is 0 Å². The first-order valence-electron chi connectivity index (χ1n) is 8.83. The summed E-state index contributed by atoms with van der Waals surface area (Å²) in [6, 6.07) is 6.77. The molecule has 0 amide bonds. The van der Waals surface area contributed by atoms with E-state index in [1.165, 1.54) is 25.1 Å². The molecule has 1 unspecified atom stereocenters. The average Bonchev–Trinajstić information content (AvgIpc) is 2.65. The molecule has 0 bridgehead atoms. The minimum absolute atomic E-state index is 0. The quantitative estimate of drug-likeness (QED) is 0.568. The molecule has 0 aliphatic rings. The van der Waals surface area contributed by atoms with Crippen LogP contribution in [0.5, 0.6) is 5.75 Å². The number of sulfone groups is 1. The minimum Gasteiger partial charge on any atom is -0.546 e. The Hall–Kier alpha value is -1.55. The Morgan fingerprint density at radius 2 is 1.73 bits per heavy atom. The Labute approximate surface area is 195 Å². The fourth-order valence-electron chi connectivity index (χ4n) is 2.77. The van der Waals surface area contributed by atoms with Crippen LogP contribution in [0.1, 0.15) is 31.4 Å². The third kappa shape index (κ3) is 6.00. The molecule has 0 aliphatic heterocycles. The molecule has 2 aromatic rings. The van der Waals surface area contributed by atoms with E-state index < -0.39 is 33.7 Å². The zero-order chi connectivity index (χ0) is 22.0. The molecular weight excluding hydrogens is 432 g/mol. The molecule has 0 aromatic heterocycles. The molecule has 0 aliphatic carbocycles. The standard InChI is InChI=1S/C20H21F3O5S.Na/c1-4-17(19(24)25)28-18-9-6-13(20(21,22)23)11-16(18)15-8-7-14(10-12(15)3)29(26,27)5-2;/h6-11,17H,4-5H2,1-3H3,(H,24,25);/q;+1/p-1. The fourth-order valence-corrected chi connectivity index (χ4v) is 3.73. The number of alkyl halides is 3. The maximum atomic E-state index is 13.2. The second kappa shape index (κ2) is 10.2. The Morgan fingerprint density at radius 1 is 1.10 bits per heavy atom. The number of hydrogen-bond donors (Lipinski definition) is 0. The van der Waals surface area contributed by atoms with Crippen molar-refractivity contribution in [2.45, 2.75) is 44.4 Å². The summed E-state index contributed by atoms with van der Waals surface area (Å²) in [7, 11) is -3.49. The summed E-state index contributed by atoms with van der Waals surface area (Å²) in [4.78, 5) is 11.2. The predicted molar refractivity (Wildman–Crippen MR) is 99.1 cm³/mol. The summed E-state index contributed by atoms with van der Waals surface area (Å²) in [5.74, 6) is -1.67. The van der Waals surface area contributed by atoms with Gasteiger partial charge in [-0.2, -0.15) is 13.2 Å². The third-order valence-corrected chi connectivity index (χ3v) is 6.17. The number of carbonyl (C=O) groups is 1. The Kier molecular flexibility index (Phi) is 8.98. The normalized spacial score (nSPS) is 12.7. The van der Waals surface area contributed by atoms with Crippen LogP contribution in [0.25, 0.3) is 11.1 Å². The molecule has 10 heteroatoms. The van der Waals surface area contributed by atoms with Gasteiger partial charge in [0.25, 0.3) is 0 Å². The van der Waals surface area contributed by atoms with Gasteiger partial charge in [-0.3, -0.25) is 0 Å². The van der Waals surface area contributed by atoms with Gasteiger partial charge >= 0.3 is 35.7 Å². The molecule has 1 atom stereocenters. The van der Waals surface area contributed by atoms with Gasteiger partial charge in [0.1, 0.15) is 11.9 Å². The van der Waals surface area contributed by atoms with E-state index in [9.17, 15) is 31.5 Å². The van der Waals surface area contributed by atoms with Crippen LogP contribution < -0.4 is 39.4 Å². The van der Waals surface area contributed by atoms with Crippen LogP contribution in [0.4, 0.5) is 13.2 Å². The summed E-state index contributed by atoms with van der Waals surface area (Å²) in [5.41, 5.74) is -0.219. The monoisotopic (exact) mass is 452 g/mol. The zero-order valence-corrected chi connectivity index (χ0v) is 19.9. The summed E-state index contributed by atoms with van der Waals surface area (Å²) < 4.78 is 69.2. The Morgan fingerprint density at radius 3 is 2.20 bits per heavy atom. The molecule has 0 radical (unpaired) electrons. The first-order valence-corrected chi connectivity index (χ1v) is 10.5. The van der Waals surface area contributed by atoms with Gasteiger partial charge in [0.15, 0.2) is 9.84 Å². The first-order chi connectivity index (χ1) is 13.4. The zero-order valence-electron chi connectivity index (χ0n) is 17.0. The van der Waals surface area contributed by atoms with E-state index in [4.69, 9.17) is 4.74 Å². The maximum Gasteiger partial charge on any atom is 1.00 e. The maximum absolute atomic E-state index is 13.2. The van der Waals surface area contributed by atoms with Crippen molar-refractivity contribution < 1.29 is 65.8 Å². The van der Waals surface area contributed by atoms with Crippen LogP contribution in [0, 0.1) is 6.92 Å². The third-order valence-electron chi connectivity index (χ3n) is 4.44. The van der Waals surface area contributed by atoms with E-state index >= 15 is 0 Å². The molecule has 0 fully saturated rings. The van der Waals surface area contributed by atoms with E-state index in [0.717, 1.165) is 18.2 Å². The summed E-state index contributed by atoms with van der Waals surface area (Å²) in [6.07, 6.45) is -5.91. The topological polar surface area (TPSA) is 83.5 Å². The van der Waals surface area contributed by atoms with E-state index in [1.807, 2.05) is 0 Å². The van der Waals surface area contributed by atoms with E-state index in [0.29, 0.717) is 11.1 Å². The molecule has 5 nitrogen and oxygen atoms in total. The fraction of sp³-hybridized carbons (Fsp3) is 0.350. The Bertz CT molecular complexity index is 1020. The van der Waals surface area contributed by atoms with Crippen LogP contribution in [-0.4, -0.2) is 26.2 Å². The van der Waals surface area contributed by atoms with Gasteiger partial charge in [-0.1, -0.05) is 19.9 Å². The SMILES string of the molecule is CCC(Oc1ccc(C(F)(F)F)cc1-c1ccc(S(=O)(=O)CC)cc1C)C(=O)[O-].[Na+]. The van der Waals surface area contributed by atoms with Gasteiger partial charge in [0.2, 0.25) is 0 Å². The molecule has 0 spiro atoms. The second-order valence-corrected chi connectivity index (χ2v) is 8.70. The number of ether oxygens (including phenoxy) is 1. The summed E-state index contributed by atoms with van der Waals surface area (Å²) in [6.45, 7) is 4.59. The van der Waals surface area contributed by atoms with Crippen LogP contribution in [-0.2, 0) is 20.8 Å². The molecule has 0 N–H and O–H groups in total. The number of hydrogen-bond acceptors (Lipinski definition) is 5. The molecule has 2 aromatic carbocycles. The molecular formula is C20H20F3NaO5S. The molecule has 30 heavy (non-hydrogen) atoms. The van der Waals surface area contributed by atoms with Crippen LogP contribution in [0.15, 0.2) is 41.3 Å². The van der Waals surface area contributed by atoms with Crippen molar-refractivity contribution in [2.24, 2.45) is 0 Å². The van der Waals surface area contributed by atoms with Gasteiger partial charge in [-0.15, -0.1) is 0 Å². The van der Waals surface area contributed by atoms with Gasteiger partial charge in [-0.25, -0.2) is 8.42 Å². The smallest absolute Gasteiger partial charge is 0.546 e. The Balaban J connectivity index is 0.00000450.